The molecule has 0 radical (unpaired) electrons. The van der Waals surface area contributed by atoms with Gasteiger partial charge in [0.2, 0.25) is 0 Å². The molecule has 0 amide bonds. The van der Waals surface area contributed by atoms with Crippen molar-refractivity contribution in [2.75, 3.05) is 0 Å². The molecule has 3 heteroatoms. The first kappa shape index (κ1) is 8.48. The molecule has 1 aromatic carbocycles. The normalized spacial score (nSPS) is 10.6. The Bertz CT molecular complexity index is 442. The molecule has 2 aromatic rings. The largest absolute Gasteiger partial charge is 0.392 e. The Morgan fingerprint density at radius 2 is 2.15 bits per heavy atom. The standard InChI is InChI=1S/C10H8ClNO/c11-10-7(6-13)3-4-9-8(10)2-1-5-12-9/h1-5,13H,6H2. The van der Waals surface area contributed by atoms with E-state index in [2.05, 4.69) is 4.98 Å². The fourth-order valence-corrected chi connectivity index (χ4v) is 1.57. The molecule has 1 N–H and O–H groups in total. The van der Waals surface area contributed by atoms with Crippen molar-refractivity contribution in [2.45, 2.75) is 6.61 Å². The van der Waals surface area contributed by atoms with Gasteiger partial charge in [0.25, 0.3) is 0 Å². The SMILES string of the molecule is OCc1ccc2ncccc2c1Cl. The monoisotopic (exact) mass is 193 g/mol. The molecule has 0 spiro atoms. The van der Waals surface area contributed by atoms with Crippen molar-refractivity contribution in [1.29, 1.82) is 0 Å². The average Bonchev–Trinajstić information content (AvgIpc) is 2.19. The molecule has 66 valence electrons. The summed E-state index contributed by atoms with van der Waals surface area (Å²) in [6, 6.07) is 7.36. The van der Waals surface area contributed by atoms with Gasteiger partial charge in [0.15, 0.2) is 0 Å². The Morgan fingerprint density at radius 1 is 1.31 bits per heavy atom. The second-order valence-corrected chi connectivity index (χ2v) is 3.14. The highest BCUT2D eigenvalue weighted by Gasteiger charge is 2.03. The summed E-state index contributed by atoms with van der Waals surface area (Å²) in [7, 11) is 0. The Labute approximate surface area is 80.8 Å². The van der Waals surface area contributed by atoms with Crippen molar-refractivity contribution in [3.63, 3.8) is 0 Å². The summed E-state index contributed by atoms with van der Waals surface area (Å²) < 4.78 is 0. The van der Waals surface area contributed by atoms with E-state index in [-0.39, 0.29) is 6.61 Å². The highest BCUT2D eigenvalue weighted by molar-refractivity contribution is 6.36. The molecule has 0 saturated carbocycles. The van der Waals surface area contributed by atoms with Crippen LogP contribution in [0.3, 0.4) is 0 Å². The molecule has 1 aromatic heterocycles. The lowest BCUT2D eigenvalue weighted by Gasteiger charge is -2.03. The van der Waals surface area contributed by atoms with Crippen LogP contribution in [0.1, 0.15) is 5.56 Å². The number of aromatic nitrogens is 1. The van der Waals surface area contributed by atoms with Crippen LogP contribution in [-0.4, -0.2) is 10.1 Å². The summed E-state index contributed by atoms with van der Waals surface area (Å²) in [6.07, 6.45) is 1.72. The molecule has 2 rings (SSSR count). The summed E-state index contributed by atoms with van der Waals surface area (Å²) >= 11 is 6.04. The zero-order valence-corrected chi connectivity index (χ0v) is 7.62. The topological polar surface area (TPSA) is 33.1 Å². The number of nitrogens with zero attached hydrogens (tertiary/aromatic N) is 1. The van der Waals surface area contributed by atoms with E-state index < -0.39 is 0 Å². The van der Waals surface area contributed by atoms with Gasteiger partial charge >= 0.3 is 0 Å². The van der Waals surface area contributed by atoms with Gasteiger partial charge in [-0.05, 0) is 23.8 Å². The molecule has 0 aliphatic rings. The third-order valence-corrected chi connectivity index (χ3v) is 2.42. The number of pyridine rings is 1. The van der Waals surface area contributed by atoms with Gasteiger partial charge in [0.05, 0.1) is 17.1 Å². The minimum Gasteiger partial charge on any atom is -0.392 e. The maximum Gasteiger partial charge on any atom is 0.0717 e. The van der Waals surface area contributed by atoms with E-state index in [0.717, 1.165) is 16.5 Å². The van der Waals surface area contributed by atoms with Crippen LogP contribution < -0.4 is 0 Å². The quantitative estimate of drug-likeness (QED) is 0.755. The molecule has 0 aliphatic heterocycles. The second-order valence-electron chi connectivity index (χ2n) is 2.77. The van der Waals surface area contributed by atoms with Crippen LogP contribution in [0.25, 0.3) is 10.9 Å². The average molecular weight is 194 g/mol. The fourth-order valence-electron chi connectivity index (χ4n) is 1.28. The second kappa shape index (κ2) is 3.32. The molecule has 0 fully saturated rings. The number of aliphatic hydroxyl groups is 1. The molecular weight excluding hydrogens is 186 g/mol. The lowest BCUT2D eigenvalue weighted by molar-refractivity contribution is 0.282. The smallest absolute Gasteiger partial charge is 0.0717 e. The van der Waals surface area contributed by atoms with Gasteiger partial charge in [-0.15, -0.1) is 0 Å². The molecule has 0 bridgehead atoms. The van der Waals surface area contributed by atoms with Crippen LogP contribution >= 0.6 is 11.6 Å². The molecule has 0 atom stereocenters. The van der Waals surface area contributed by atoms with Crippen molar-refractivity contribution in [1.82, 2.24) is 4.98 Å². The minimum atomic E-state index is -0.0380. The number of hydrogen-bond acceptors (Lipinski definition) is 2. The first-order valence-electron chi connectivity index (χ1n) is 3.96. The van der Waals surface area contributed by atoms with E-state index in [4.69, 9.17) is 16.7 Å². The summed E-state index contributed by atoms with van der Waals surface area (Å²) in [5.41, 5.74) is 1.59. The molecule has 0 aliphatic carbocycles. The van der Waals surface area contributed by atoms with Gasteiger partial charge < -0.3 is 5.11 Å². The van der Waals surface area contributed by atoms with Gasteiger partial charge in [-0.2, -0.15) is 0 Å². The van der Waals surface area contributed by atoms with Crippen LogP contribution in [0.15, 0.2) is 30.5 Å². The Balaban J connectivity index is 2.79. The number of benzene rings is 1. The van der Waals surface area contributed by atoms with E-state index in [1.54, 1.807) is 12.3 Å². The van der Waals surface area contributed by atoms with Crippen LogP contribution in [0.2, 0.25) is 5.02 Å². The Kier molecular flexibility index (Phi) is 2.17. The summed E-state index contributed by atoms with van der Waals surface area (Å²) in [5, 5.41) is 10.4. The molecule has 0 saturated heterocycles. The lowest BCUT2D eigenvalue weighted by atomic mass is 10.1. The molecule has 2 nitrogen and oxygen atoms in total. The molecule has 13 heavy (non-hydrogen) atoms. The third kappa shape index (κ3) is 1.39. The number of hydrogen-bond donors (Lipinski definition) is 1. The fraction of sp³-hybridized carbons (Fsp3) is 0.100. The Morgan fingerprint density at radius 3 is 2.92 bits per heavy atom. The zero-order valence-electron chi connectivity index (χ0n) is 6.87. The van der Waals surface area contributed by atoms with E-state index in [1.807, 2.05) is 18.2 Å². The predicted molar refractivity (Wildman–Crippen MR) is 52.7 cm³/mol. The zero-order chi connectivity index (χ0) is 9.26. The Hall–Kier alpha value is -1.12. The number of aliphatic hydroxyl groups excluding tert-OH is 1. The molecule has 1 heterocycles. The number of rotatable bonds is 1. The van der Waals surface area contributed by atoms with Gasteiger partial charge in [-0.25, -0.2) is 0 Å². The minimum absolute atomic E-state index is 0.0380. The molecule has 0 unspecified atom stereocenters. The van der Waals surface area contributed by atoms with Crippen LogP contribution in [-0.2, 0) is 6.61 Å². The first-order chi connectivity index (χ1) is 6.33. The van der Waals surface area contributed by atoms with Gasteiger partial charge in [0.1, 0.15) is 0 Å². The lowest BCUT2D eigenvalue weighted by Crippen LogP contribution is -1.87. The maximum atomic E-state index is 8.97. The third-order valence-electron chi connectivity index (χ3n) is 1.97. The predicted octanol–water partition coefficient (Wildman–Crippen LogP) is 2.38. The van der Waals surface area contributed by atoms with Crippen molar-refractivity contribution in [3.8, 4) is 0 Å². The summed E-state index contributed by atoms with van der Waals surface area (Å²) in [5.74, 6) is 0. The highest BCUT2D eigenvalue weighted by atomic mass is 35.5. The molecular formula is C10H8ClNO. The number of fused-ring (bicyclic) bond motifs is 1. The van der Waals surface area contributed by atoms with Crippen LogP contribution in [0.4, 0.5) is 0 Å². The van der Waals surface area contributed by atoms with E-state index in [0.29, 0.717) is 5.02 Å². The highest BCUT2D eigenvalue weighted by Crippen LogP contribution is 2.25. The van der Waals surface area contributed by atoms with Gasteiger partial charge in [-0.3, -0.25) is 4.98 Å². The van der Waals surface area contributed by atoms with Crippen LogP contribution in [0.5, 0.6) is 0 Å². The van der Waals surface area contributed by atoms with Gasteiger partial charge in [-0.1, -0.05) is 17.7 Å². The van der Waals surface area contributed by atoms with E-state index >= 15 is 0 Å². The van der Waals surface area contributed by atoms with Crippen molar-refractivity contribution in [2.24, 2.45) is 0 Å². The summed E-state index contributed by atoms with van der Waals surface area (Å²) in [4.78, 5) is 4.15. The van der Waals surface area contributed by atoms with Crippen LogP contribution in [0, 0.1) is 0 Å². The van der Waals surface area contributed by atoms with Crippen molar-refractivity contribution < 1.29 is 5.11 Å². The van der Waals surface area contributed by atoms with Crippen molar-refractivity contribution in [3.05, 3.63) is 41.0 Å². The maximum absolute atomic E-state index is 8.97. The van der Waals surface area contributed by atoms with Crippen molar-refractivity contribution >= 4 is 22.5 Å². The number of halogens is 1. The first-order valence-corrected chi connectivity index (χ1v) is 4.33. The van der Waals surface area contributed by atoms with Gasteiger partial charge in [0, 0.05) is 11.6 Å². The summed E-state index contributed by atoms with van der Waals surface area (Å²) in [6.45, 7) is -0.0380. The van der Waals surface area contributed by atoms with E-state index in [1.165, 1.54) is 0 Å². The van der Waals surface area contributed by atoms with E-state index in [9.17, 15) is 0 Å².